The van der Waals surface area contributed by atoms with Gasteiger partial charge >= 0.3 is 11.2 Å². The van der Waals surface area contributed by atoms with E-state index in [-0.39, 0.29) is 5.56 Å². The zero-order valence-electron chi connectivity index (χ0n) is 22.2. The summed E-state index contributed by atoms with van der Waals surface area (Å²) in [7, 11) is 1.28. The summed E-state index contributed by atoms with van der Waals surface area (Å²) >= 11 is 13.8. The molecule has 3 aromatic carbocycles. The number of halogens is 3. The number of hydrogen-bond acceptors (Lipinski definition) is 8. The second kappa shape index (κ2) is 13.8. The van der Waals surface area contributed by atoms with Crippen LogP contribution in [0, 0.1) is 20.8 Å². The molecule has 0 atom stereocenters. The summed E-state index contributed by atoms with van der Waals surface area (Å²) in [5.74, 6) is -0.790. The maximum absolute atomic E-state index is 12.5. The van der Waals surface area contributed by atoms with E-state index in [4.69, 9.17) is 4.42 Å². The fraction of sp³-hybridized carbons (Fsp3) is 0.148. The molecule has 0 aliphatic carbocycles. The van der Waals surface area contributed by atoms with Crippen molar-refractivity contribution >= 4 is 56.7 Å². The molecule has 1 heterocycles. The third-order valence-electron chi connectivity index (χ3n) is 5.85. The van der Waals surface area contributed by atoms with E-state index in [1.165, 1.54) is 36.9 Å². The van der Waals surface area contributed by atoms with Gasteiger partial charge in [-0.3, -0.25) is 25.0 Å². The molecule has 1 aromatic heterocycles. The van der Waals surface area contributed by atoms with Gasteiger partial charge in [-0.1, -0.05) is 0 Å². The van der Waals surface area contributed by atoms with Gasteiger partial charge in [-0.05, 0) is 132 Å². The van der Waals surface area contributed by atoms with E-state index in [0.717, 1.165) is 16.7 Å². The first-order chi connectivity index (χ1) is 19.3. The van der Waals surface area contributed by atoms with Crippen LogP contribution in [-0.2, 0) is 9.30 Å². The van der Waals surface area contributed by atoms with Crippen molar-refractivity contribution in [2.75, 3.05) is 7.11 Å². The fourth-order valence-corrected chi connectivity index (χ4v) is 3.51. The van der Waals surface area contributed by atoms with Crippen molar-refractivity contribution in [3.05, 3.63) is 94.0 Å². The number of nitrogens with one attached hydrogen (secondary N) is 2. The number of ether oxygens (including phenoxy) is 1. The molecule has 4 rings (SSSR count). The Morgan fingerprint density at radius 1 is 0.732 bits per heavy atom. The number of esters is 1. The molecule has 0 unspecified atom stereocenters. The van der Waals surface area contributed by atoms with E-state index in [9.17, 15) is 18.9 Å². The summed E-state index contributed by atoms with van der Waals surface area (Å²) in [6.45, 7) is 6.15. The zero-order valence-corrected chi connectivity index (χ0v) is 25.4. The first kappa shape index (κ1) is 31.8. The molecule has 2 amide bonds. The Morgan fingerprint density at radius 2 is 1.12 bits per heavy atom. The summed E-state index contributed by atoms with van der Waals surface area (Å²) in [5.41, 5.74) is 10.6. The van der Waals surface area contributed by atoms with Crippen LogP contribution >= 0.6 is 38.9 Å². The number of hydrogen-bond donors (Lipinski definition) is 2. The highest BCUT2D eigenvalue weighted by Gasteiger charge is 2.14. The first-order valence-electron chi connectivity index (χ1n) is 11.8. The van der Waals surface area contributed by atoms with Crippen LogP contribution in [0.1, 0.15) is 47.8 Å². The lowest BCUT2D eigenvalue weighted by atomic mass is 10.0. The molecule has 0 spiro atoms. The zero-order chi connectivity index (χ0) is 30.3. The third-order valence-corrected chi connectivity index (χ3v) is 5.85. The average Bonchev–Trinajstić information content (AvgIpc) is 3.43. The van der Waals surface area contributed by atoms with Gasteiger partial charge in [-0.15, -0.1) is 10.2 Å². The van der Waals surface area contributed by atoms with Gasteiger partial charge in [0.15, 0.2) is 0 Å². The van der Waals surface area contributed by atoms with Gasteiger partial charge in [0.25, 0.3) is 11.8 Å². The highest BCUT2D eigenvalue weighted by Crippen LogP contribution is 2.61. The van der Waals surface area contributed by atoms with Crippen LogP contribution in [0.5, 0.6) is 0 Å². The number of carbonyl (C=O) groups excluding carboxylic acids is 3. The van der Waals surface area contributed by atoms with Crippen LogP contribution < -0.4 is 10.9 Å². The van der Waals surface area contributed by atoms with Gasteiger partial charge in [-0.2, -0.15) is 0 Å². The molecule has 0 saturated carbocycles. The molecule has 0 aliphatic heterocycles. The van der Waals surface area contributed by atoms with Gasteiger partial charge in [0.1, 0.15) is 0 Å². The highest BCUT2D eigenvalue weighted by atomic mass is 36.0. The Kier molecular flexibility index (Phi) is 10.7. The summed E-state index contributed by atoms with van der Waals surface area (Å²) in [6, 6.07) is 16.4. The standard InChI is InChI=1S/C27H24N4O5.Cl3OP/c1-15-13-22(14-16(2)17(15)3)26-31-30-25(36-26)20-9-5-18(6-10-20)23(32)28-29-24(33)19-7-11-21(12-8-19)27(34)35-4;1-5(2,3)4/h5-14H,1-4H3,(H,28,32)(H,29,33);. The van der Waals surface area contributed by atoms with Gasteiger partial charge in [0.2, 0.25) is 11.8 Å². The van der Waals surface area contributed by atoms with Crippen molar-refractivity contribution in [3.63, 3.8) is 0 Å². The molecule has 10 nitrogen and oxygen atoms in total. The van der Waals surface area contributed by atoms with Crippen molar-refractivity contribution in [1.82, 2.24) is 21.0 Å². The number of nitrogens with zero attached hydrogens (tertiary/aromatic N) is 2. The van der Waals surface area contributed by atoms with Crippen molar-refractivity contribution in [2.45, 2.75) is 20.8 Å². The number of aryl methyl sites for hydroxylation is 2. The van der Waals surface area contributed by atoms with Crippen LogP contribution in [-0.4, -0.2) is 35.1 Å². The number of benzene rings is 3. The number of carbonyl (C=O) groups is 3. The SMILES string of the molecule is COC(=O)c1ccc(C(=O)NNC(=O)c2ccc(-c3nnc(-c4cc(C)c(C)c(C)c4)o3)cc2)cc1.O=P(Cl)(Cl)Cl. The van der Waals surface area contributed by atoms with E-state index < -0.39 is 23.0 Å². The monoisotopic (exact) mass is 636 g/mol. The van der Waals surface area contributed by atoms with E-state index in [0.29, 0.717) is 28.5 Å². The fourth-order valence-electron chi connectivity index (χ4n) is 3.51. The Balaban J connectivity index is 0.000000850. The van der Waals surface area contributed by atoms with Gasteiger partial charge in [0, 0.05) is 22.3 Å². The topological polar surface area (TPSA) is 140 Å². The number of amides is 2. The van der Waals surface area contributed by atoms with Crippen molar-refractivity contribution in [1.29, 1.82) is 0 Å². The molecule has 14 heteroatoms. The molecule has 2 N–H and O–H groups in total. The second-order valence-corrected chi connectivity index (χ2v) is 15.2. The lowest BCUT2D eigenvalue weighted by Crippen LogP contribution is -2.41. The van der Waals surface area contributed by atoms with Crippen LogP contribution in [0.3, 0.4) is 0 Å². The van der Waals surface area contributed by atoms with Crippen LogP contribution in [0.15, 0.2) is 65.1 Å². The Morgan fingerprint density at radius 3 is 1.56 bits per heavy atom. The number of aromatic nitrogens is 2. The quantitative estimate of drug-likeness (QED) is 0.135. The minimum atomic E-state index is -3.22. The molecule has 41 heavy (non-hydrogen) atoms. The van der Waals surface area contributed by atoms with Crippen molar-refractivity contribution < 1.29 is 28.1 Å². The minimum absolute atomic E-state index is 0.268. The van der Waals surface area contributed by atoms with E-state index in [2.05, 4.69) is 66.4 Å². The smallest absolute Gasteiger partial charge is 0.339 e. The molecule has 214 valence electrons. The number of rotatable bonds is 5. The van der Waals surface area contributed by atoms with E-state index >= 15 is 0 Å². The molecular weight excluding hydrogens is 614 g/mol. The maximum Gasteiger partial charge on any atom is 0.339 e. The highest BCUT2D eigenvalue weighted by molar-refractivity contribution is 8.24. The largest absolute Gasteiger partial charge is 0.465 e. The molecular formula is C27H24Cl3N4O6P. The first-order valence-corrected chi connectivity index (χ1v) is 16.2. The molecule has 0 fully saturated rings. The number of hydrazine groups is 1. The predicted octanol–water partition coefficient (Wildman–Crippen LogP) is 7.00. The Bertz CT molecular complexity index is 1590. The minimum Gasteiger partial charge on any atom is -0.465 e. The summed E-state index contributed by atoms with van der Waals surface area (Å²) < 4.78 is 20.0. The average molecular weight is 638 g/mol. The van der Waals surface area contributed by atoms with Crippen molar-refractivity contribution in [2.24, 2.45) is 0 Å². The van der Waals surface area contributed by atoms with Crippen LogP contribution in [0.25, 0.3) is 22.9 Å². The third kappa shape index (κ3) is 9.16. The maximum atomic E-state index is 12.5. The molecule has 4 aromatic rings. The summed E-state index contributed by atoms with van der Waals surface area (Å²) in [6.07, 6.45) is 0. The van der Waals surface area contributed by atoms with E-state index in [1.54, 1.807) is 24.3 Å². The Hall–Kier alpha value is -3.69. The molecule has 0 saturated heterocycles. The second-order valence-electron chi connectivity index (χ2n) is 8.60. The van der Waals surface area contributed by atoms with Crippen LogP contribution in [0.4, 0.5) is 0 Å². The normalized spacial score (nSPS) is 10.7. The van der Waals surface area contributed by atoms with Crippen LogP contribution in [0.2, 0.25) is 0 Å². The summed E-state index contributed by atoms with van der Waals surface area (Å²) in [5, 5.41) is 5.07. The van der Waals surface area contributed by atoms with Gasteiger partial charge in [0.05, 0.1) is 12.7 Å². The van der Waals surface area contributed by atoms with Crippen molar-refractivity contribution in [3.8, 4) is 22.9 Å². The molecule has 0 aliphatic rings. The lowest BCUT2D eigenvalue weighted by molar-refractivity contribution is 0.0600. The van der Waals surface area contributed by atoms with Gasteiger partial charge in [-0.25, -0.2) is 4.79 Å². The number of methoxy groups -OCH3 is 1. The van der Waals surface area contributed by atoms with E-state index in [1.807, 2.05) is 26.0 Å². The predicted molar refractivity (Wildman–Crippen MR) is 157 cm³/mol. The summed E-state index contributed by atoms with van der Waals surface area (Å²) in [4.78, 5) is 36.2. The lowest BCUT2D eigenvalue weighted by Gasteiger charge is -2.08. The van der Waals surface area contributed by atoms with Gasteiger partial charge < -0.3 is 9.15 Å². The molecule has 0 radical (unpaired) electrons. The molecule has 0 bridgehead atoms. The Labute approximate surface area is 250 Å².